The third-order valence-corrected chi connectivity index (χ3v) is 3.93. The molecule has 0 aliphatic heterocycles. The molecule has 0 fully saturated rings. The molecule has 1 aliphatic carbocycles. The number of aryl methyl sites for hydroxylation is 2. The van der Waals surface area contributed by atoms with Gasteiger partial charge in [0.05, 0.1) is 11.4 Å². The number of benzene rings is 1. The first kappa shape index (κ1) is 13.7. The smallest absolute Gasteiger partial charge is 0.164 e. The fraction of sp³-hybridized carbons (Fsp3) is 0.353. The van der Waals surface area contributed by atoms with Crippen LogP contribution >= 0.6 is 0 Å². The maximum atomic E-state index is 12.3. The van der Waals surface area contributed by atoms with E-state index < -0.39 is 0 Å². The molecule has 0 radical (unpaired) electrons. The molecule has 1 atom stereocenters. The van der Waals surface area contributed by atoms with Crippen molar-refractivity contribution in [3.8, 4) is 0 Å². The lowest BCUT2D eigenvalue weighted by atomic mass is 10.1. The van der Waals surface area contributed by atoms with E-state index in [-0.39, 0.29) is 11.8 Å². The number of anilines is 1. The number of nitrogens with zero attached hydrogens (tertiary/aromatic N) is 2. The summed E-state index contributed by atoms with van der Waals surface area (Å²) >= 11 is 0. The number of hydrogen-bond acceptors (Lipinski definition) is 4. The summed E-state index contributed by atoms with van der Waals surface area (Å²) in [6.07, 6.45) is 3.94. The second-order valence-electron chi connectivity index (χ2n) is 5.28. The predicted octanol–water partition coefficient (Wildman–Crippen LogP) is 2.88. The van der Waals surface area contributed by atoms with E-state index in [0.29, 0.717) is 6.42 Å². The second kappa shape index (κ2) is 5.64. The number of fused-ring (bicyclic) bond motifs is 1. The lowest BCUT2D eigenvalue weighted by molar-refractivity contribution is -0.118. The minimum absolute atomic E-state index is 0.196. The van der Waals surface area contributed by atoms with Crippen LogP contribution in [0.4, 0.5) is 5.82 Å². The van der Waals surface area contributed by atoms with Gasteiger partial charge in [-0.1, -0.05) is 38.1 Å². The first-order valence-electron chi connectivity index (χ1n) is 7.44. The monoisotopic (exact) mass is 281 g/mol. The summed E-state index contributed by atoms with van der Waals surface area (Å²) < 4.78 is 0. The van der Waals surface area contributed by atoms with Crippen LogP contribution in [-0.4, -0.2) is 15.8 Å². The summed E-state index contributed by atoms with van der Waals surface area (Å²) in [5, 5.41) is 3.32. The largest absolute Gasteiger partial charge is 0.355 e. The fourth-order valence-electron chi connectivity index (χ4n) is 2.73. The Morgan fingerprint density at radius 1 is 1.24 bits per heavy atom. The molecule has 0 saturated carbocycles. The van der Waals surface area contributed by atoms with Crippen molar-refractivity contribution in [2.75, 3.05) is 5.32 Å². The first-order chi connectivity index (χ1) is 10.2. The maximum Gasteiger partial charge on any atom is 0.164 e. The van der Waals surface area contributed by atoms with Crippen molar-refractivity contribution in [1.82, 2.24) is 9.97 Å². The van der Waals surface area contributed by atoms with E-state index in [1.807, 2.05) is 37.4 Å². The van der Waals surface area contributed by atoms with Gasteiger partial charge in [-0.2, -0.15) is 0 Å². The number of Topliss-reactive ketones (excluding diaryl/α,β-unsaturated/α-hetero) is 1. The van der Waals surface area contributed by atoms with Gasteiger partial charge in [0.15, 0.2) is 5.78 Å². The van der Waals surface area contributed by atoms with Crippen molar-refractivity contribution in [2.24, 2.45) is 0 Å². The molecule has 1 aliphatic rings. The predicted molar refractivity (Wildman–Crippen MR) is 82.3 cm³/mol. The molecule has 1 heterocycles. The van der Waals surface area contributed by atoms with Gasteiger partial charge in [-0.3, -0.25) is 9.78 Å². The van der Waals surface area contributed by atoms with Crippen LogP contribution in [0.5, 0.6) is 0 Å². The van der Waals surface area contributed by atoms with Gasteiger partial charge >= 0.3 is 0 Å². The van der Waals surface area contributed by atoms with Crippen LogP contribution < -0.4 is 5.32 Å². The Labute approximate surface area is 124 Å². The van der Waals surface area contributed by atoms with Crippen molar-refractivity contribution in [3.05, 3.63) is 53.0 Å². The lowest BCUT2D eigenvalue weighted by Crippen LogP contribution is -2.18. The quantitative estimate of drug-likeness (QED) is 0.936. The average molecular weight is 281 g/mol. The van der Waals surface area contributed by atoms with Gasteiger partial charge < -0.3 is 5.32 Å². The number of hydrogen-bond donors (Lipinski definition) is 1. The van der Waals surface area contributed by atoms with Crippen molar-refractivity contribution < 1.29 is 4.79 Å². The van der Waals surface area contributed by atoms with Crippen molar-refractivity contribution in [1.29, 1.82) is 0 Å². The molecule has 0 unspecified atom stereocenters. The van der Waals surface area contributed by atoms with Gasteiger partial charge in [0.1, 0.15) is 11.9 Å². The van der Waals surface area contributed by atoms with Gasteiger partial charge in [-0.25, -0.2) is 4.98 Å². The topological polar surface area (TPSA) is 54.9 Å². The fourth-order valence-corrected chi connectivity index (χ4v) is 2.73. The van der Waals surface area contributed by atoms with Crippen LogP contribution in [0.2, 0.25) is 0 Å². The molecule has 2 aromatic rings. The Hall–Kier alpha value is -2.23. The number of aromatic nitrogens is 2. The van der Waals surface area contributed by atoms with Crippen LogP contribution in [0.3, 0.4) is 0 Å². The Kier molecular flexibility index (Phi) is 3.69. The number of ketones is 1. The first-order valence-corrected chi connectivity index (χ1v) is 7.44. The molecule has 108 valence electrons. The number of carbonyl (C=O) groups is 1. The summed E-state index contributed by atoms with van der Waals surface area (Å²) in [6, 6.07) is 7.68. The SMILES string of the molecule is CCc1cnc(CC)c(N[C@H]2C(=O)Cc3ccccc32)n1. The molecule has 0 saturated heterocycles. The van der Waals surface area contributed by atoms with Crippen molar-refractivity contribution in [3.63, 3.8) is 0 Å². The lowest BCUT2D eigenvalue weighted by Gasteiger charge is -2.16. The Morgan fingerprint density at radius 3 is 2.81 bits per heavy atom. The Morgan fingerprint density at radius 2 is 2.05 bits per heavy atom. The van der Waals surface area contributed by atoms with Gasteiger partial charge in [0.25, 0.3) is 0 Å². The van der Waals surface area contributed by atoms with E-state index >= 15 is 0 Å². The summed E-state index contributed by atoms with van der Waals surface area (Å²) in [5.74, 6) is 0.939. The molecule has 0 bridgehead atoms. The van der Waals surface area contributed by atoms with E-state index in [9.17, 15) is 4.79 Å². The molecule has 0 spiro atoms. The summed E-state index contributed by atoms with van der Waals surface area (Å²) in [7, 11) is 0. The number of carbonyl (C=O) groups excluding carboxylic acids is 1. The normalized spacial score (nSPS) is 16.9. The molecule has 1 aromatic heterocycles. The molecular formula is C17H19N3O. The highest BCUT2D eigenvalue weighted by Crippen LogP contribution is 2.31. The van der Waals surface area contributed by atoms with Crippen LogP contribution in [-0.2, 0) is 24.1 Å². The van der Waals surface area contributed by atoms with Crippen LogP contribution in [0.15, 0.2) is 30.5 Å². The minimum Gasteiger partial charge on any atom is -0.355 e. The molecule has 3 rings (SSSR count). The molecule has 1 aromatic carbocycles. The summed E-state index contributed by atoms with van der Waals surface area (Å²) in [4.78, 5) is 21.3. The third kappa shape index (κ3) is 2.53. The zero-order chi connectivity index (χ0) is 14.8. The highest BCUT2D eigenvalue weighted by atomic mass is 16.1. The number of rotatable bonds is 4. The zero-order valence-corrected chi connectivity index (χ0v) is 12.4. The standard InChI is InChI=1S/C17H19N3O/c1-3-12-10-18-14(4-2)17(19-12)20-16-13-8-6-5-7-11(13)9-15(16)21/h5-8,10,16H,3-4,9H2,1-2H3,(H,19,20)/t16-/m1/s1. The molecule has 4 heteroatoms. The Balaban J connectivity index is 1.95. The highest BCUT2D eigenvalue weighted by Gasteiger charge is 2.30. The number of nitrogens with one attached hydrogen (secondary N) is 1. The molecule has 4 nitrogen and oxygen atoms in total. The average Bonchev–Trinajstić information content (AvgIpc) is 2.83. The van der Waals surface area contributed by atoms with E-state index in [0.717, 1.165) is 41.2 Å². The van der Waals surface area contributed by atoms with E-state index in [1.54, 1.807) is 0 Å². The van der Waals surface area contributed by atoms with Crippen LogP contribution in [0, 0.1) is 0 Å². The van der Waals surface area contributed by atoms with Gasteiger partial charge in [-0.05, 0) is 24.0 Å². The molecule has 1 N–H and O–H groups in total. The van der Waals surface area contributed by atoms with E-state index in [4.69, 9.17) is 0 Å². The van der Waals surface area contributed by atoms with Gasteiger partial charge in [-0.15, -0.1) is 0 Å². The highest BCUT2D eigenvalue weighted by molar-refractivity contribution is 5.94. The van der Waals surface area contributed by atoms with Crippen LogP contribution in [0.1, 0.15) is 42.4 Å². The Bertz CT molecular complexity index is 681. The molecular weight excluding hydrogens is 262 g/mol. The summed E-state index contributed by atoms with van der Waals surface area (Å²) in [6.45, 7) is 4.10. The van der Waals surface area contributed by atoms with Gasteiger partial charge in [0, 0.05) is 12.6 Å². The van der Waals surface area contributed by atoms with Gasteiger partial charge in [0.2, 0.25) is 0 Å². The van der Waals surface area contributed by atoms with Crippen molar-refractivity contribution in [2.45, 2.75) is 39.2 Å². The van der Waals surface area contributed by atoms with E-state index in [2.05, 4.69) is 22.2 Å². The minimum atomic E-state index is -0.298. The van der Waals surface area contributed by atoms with Crippen molar-refractivity contribution >= 4 is 11.6 Å². The summed E-state index contributed by atoms with van der Waals surface area (Å²) in [5.41, 5.74) is 4.02. The molecule has 21 heavy (non-hydrogen) atoms. The maximum absolute atomic E-state index is 12.3. The van der Waals surface area contributed by atoms with Crippen LogP contribution in [0.25, 0.3) is 0 Å². The zero-order valence-electron chi connectivity index (χ0n) is 12.4. The second-order valence-corrected chi connectivity index (χ2v) is 5.28. The third-order valence-electron chi connectivity index (χ3n) is 3.93. The molecule has 0 amide bonds. The van der Waals surface area contributed by atoms with E-state index in [1.165, 1.54) is 0 Å².